The van der Waals surface area contributed by atoms with Crippen LogP contribution in [0.5, 0.6) is 0 Å². The van der Waals surface area contributed by atoms with Crippen LogP contribution in [0.1, 0.15) is 5.69 Å². The van der Waals surface area contributed by atoms with Gasteiger partial charge < -0.3 is 14.8 Å². The number of rotatable bonds is 4. The Kier molecular flexibility index (Phi) is 3.10. The molecular weight excluding hydrogens is 270 g/mol. The lowest BCUT2D eigenvalue weighted by molar-refractivity contribution is -0.139. The van der Waals surface area contributed by atoms with Crippen molar-refractivity contribution in [2.75, 3.05) is 0 Å². The third-order valence-corrected chi connectivity index (χ3v) is 3.50. The lowest BCUT2D eigenvalue weighted by Gasteiger charge is -2.16. The molecule has 1 aromatic rings. The second kappa shape index (κ2) is 4.94. The number of hydrogen-bond donors (Lipinski definition) is 2. The van der Waals surface area contributed by atoms with Crippen LogP contribution in [0.15, 0.2) is 42.5 Å². The van der Waals surface area contributed by atoms with Gasteiger partial charge in [0, 0.05) is 11.1 Å². The Labute approximate surface area is 120 Å². The number of aliphatic carboxylic acids is 2. The quantitative estimate of drug-likeness (QED) is 0.770. The number of carbonyl (C=O) groups is 2. The van der Waals surface area contributed by atoms with Crippen LogP contribution < -0.4 is 0 Å². The first-order valence-corrected chi connectivity index (χ1v) is 6.49. The molecule has 0 amide bonds. The average Bonchev–Trinajstić information content (AvgIpc) is 2.79. The summed E-state index contributed by atoms with van der Waals surface area (Å²) in [7, 11) is 0. The highest BCUT2D eigenvalue weighted by Gasteiger charge is 2.18. The van der Waals surface area contributed by atoms with Crippen LogP contribution >= 0.6 is 0 Å². The summed E-state index contributed by atoms with van der Waals surface area (Å²) >= 11 is 0. The highest BCUT2D eigenvalue weighted by Crippen LogP contribution is 2.35. The number of hydrogen-bond acceptors (Lipinski definition) is 2. The van der Waals surface area contributed by atoms with E-state index in [1.807, 2.05) is 36.4 Å². The Morgan fingerprint density at radius 3 is 2.48 bits per heavy atom. The van der Waals surface area contributed by atoms with E-state index in [-0.39, 0.29) is 13.0 Å². The van der Waals surface area contributed by atoms with Crippen molar-refractivity contribution in [2.45, 2.75) is 13.0 Å². The minimum absolute atomic E-state index is 0.206. The predicted molar refractivity (Wildman–Crippen MR) is 77.5 cm³/mol. The molecule has 1 aliphatic carbocycles. The molecule has 0 spiro atoms. The molecule has 0 atom stereocenters. The Bertz CT molecular complexity index is 818. The predicted octanol–water partition coefficient (Wildman–Crippen LogP) is 2.46. The third-order valence-electron chi connectivity index (χ3n) is 3.50. The van der Waals surface area contributed by atoms with Crippen molar-refractivity contribution in [2.24, 2.45) is 0 Å². The first-order valence-electron chi connectivity index (χ1n) is 6.49. The maximum absolute atomic E-state index is 11.1. The number of carboxylic acids is 2. The Balaban J connectivity index is 2.32. The highest BCUT2D eigenvalue weighted by molar-refractivity contribution is 6.01. The van der Waals surface area contributed by atoms with Crippen LogP contribution in [-0.2, 0) is 22.6 Å². The summed E-state index contributed by atoms with van der Waals surface area (Å²) in [5, 5.41) is 20.1. The van der Waals surface area contributed by atoms with Gasteiger partial charge in [-0.3, -0.25) is 9.59 Å². The van der Waals surface area contributed by atoms with Crippen molar-refractivity contribution in [3.05, 3.63) is 48.2 Å². The maximum Gasteiger partial charge on any atom is 0.323 e. The molecule has 21 heavy (non-hydrogen) atoms. The summed E-state index contributed by atoms with van der Waals surface area (Å²) in [4.78, 5) is 22.1. The van der Waals surface area contributed by atoms with Crippen LogP contribution in [0.3, 0.4) is 0 Å². The van der Waals surface area contributed by atoms with Crippen LogP contribution in [0.4, 0.5) is 0 Å². The Morgan fingerprint density at radius 1 is 1.00 bits per heavy atom. The van der Waals surface area contributed by atoms with Crippen molar-refractivity contribution in [1.29, 1.82) is 0 Å². The second-order valence-corrected chi connectivity index (χ2v) is 4.91. The van der Waals surface area contributed by atoms with Gasteiger partial charge in [0.05, 0.1) is 12.1 Å². The van der Waals surface area contributed by atoms with E-state index < -0.39 is 11.9 Å². The van der Waals surface area contributed by atoms with Crippen molar-refractivity contribution in [3.63, 3.8) is 0 Å². The zero-order valence-corrected chi connectivity index (χ0v) is 11.1. The molecule has 106 valence electrons. The summed E-state index contributed by atoms with van der Waals surface area (Å²) in [6.45, 7) is -0.256. The van der Waals surface area contributed by atoms with Gasteiger partial charge in [-0.15, -0.1) is 0 Å². The van der Waals surface area contributed by atoms with Gasteiger partial charge in [0.15, 0.2) is 0 Å². The molecule has 1 aromatic carbocycles. The number of nitrogens with zero attached hydrogens (tertiary/aromatic N) is 1. The molecule has 5 heteroatoms. The van der Waals surface area contributed by atoms with Crippen LogP contribution in [0.2, 0.25) is 0 Å². The molecule has 1 aliphatic heterocycles. The fraction of sp³-hybridized carbons (Fsp3) is 0.125. The van der Waals surface area contributed by atoms with E-state index in [1.165, 1.54) is 0 Å². The zero-order valence-electron chi connectivity index (χ0n) is 11.1. The van der Waals surface area contributed by atoms with Crippen molar-refractivity contribution < 1.29 is 19.8 Å². The number of fused-ring (bicyclic) bond motifs is 3. The minimum atomic E-state index is -0.996. The molecule has 2 aliphatic rings. The van der Waals surface area contributed by atoms with Crippen LogP contribution in [0.25, 0.3) is 22.0 Å². The van der Waals surface area contributed by atoms with E-state index in [9.17, 15) is 9.59 Å². The first-order chi connectivity index (χ1) is 10.1. The van der Waals surface area contributed by atoms with E-state index >= 15 is 0 Å². The van der Waals surface area contributed by atoms with Gasteiger partial charge in [0.1, 0.15) is 6.54 Å². The molecule has 3 rings (SSSR count). The van der Waals surface area contributed by atoms with E-state index in [2.05, 4.69) is 0 Å². The molecule has 1 heterocycles. The smallest absolute Gasteiger partial charge is 0.323 e. The summed E-state index contributed by atoms with van der Waals surface area (Å²) in [5.41, 5.74) is 2.16. The maximum atomic E-state index is 11.1. The van der Waals surface area contributed by atoms with Gasteiger partial charge in [-0.05, 0) is 23.1 Å². The van der Waals surface area contributed by atoms with Gasteiger partial charge in [-0.2, -0.15) is 0 Å². The lowest BCUT2D eigenvalue weighted by atomic mass is 10.1. The van der Waals surface area contributed by atoms with Crippen molar-refractivity contribution in [3.8, 4) is 11.3 Å². The van der Waals surface area contributed by atoms with Gasteiger partial charge in [-0.25, -0.2) is 0 Å². The summed E-state index contributed by atoms with van der Waals surface area (Å²) < 4.78 is 1.58. The molecule has 0 aromatic heterocycles. The standard InChI is InChI=1S/C16H13NO4/c18-14(19)8-12-6-5-11-7-10-3-1-2-4-13(10)16(11)17(12)9-15(20)21/h1-7H,8-9H2,(H,18,19)(H,20,21). The average molecular weight is 283 g/mol. The fourth-order valence-electron chi connectivity index (χ4n) is 2.70. The van der Waals surface area contributed by atoms with E-state index in [1.54, 1.807) is 10.6 Å². The number of aromatic nitrogens is 1. The fourth-order valence-corrected chi connectivity index (χ4v) is 2.70. The Morgan fingerprint density at radius 2 is 1.76 bits per heavy atom. The van der Waals surface area contributed by atoms with Gasteiger partial charge in [0.25, 0.3) is 0 Å². The Hall–Kier alpha value is -2.82. The number of carboxylic acid groups (broad SMARTS) is 2. The molecule has 0 unspecified atom stereocenters. The molecular formula is C16H13NO4. The molecule has 0 radical (unpaired) electrons. The summed E-state index contributed by atoms with van der Waals surface area (Å²) in [6.07, 6.45) is -0.206. The zero-order chi connectivity index (χ0) is 15.0. The molecule has 0 fully saturated rings. The topological polar surface area (TPSA) is 79.5 Å². The SMILES string of the molecule is O=C(O)Cc1ccc2cc3ccccc3c-2n1CC(=O)O. The molecule has 0 saturated carbocycles. The molecule has 5 nitrogen and oxygen atoms in total. The number of benzene rings is 1. The third kappa shape index (κ3) is 2.33. The number of pyridine rings is 1. The van der Waals surface area contributed by atoms with Gasteiger partial charge >= 0.3 is 11.9 Å². The molecule has 0 saturated heterocycles. The second-order valence-electron chi connectivity index (χ2n) is 4.91. The highest BCUT2D eigenvalue weighted by atomic mass is 16.4. The van der Waals surface area contributed by atoms with E-state index in [0.29, 0.717) is 5.69 Å². The minimum Gasteiger partial charge on any atom is -0.481 e. The van der Waals surface area contributed by atoms with Gasteiger partial charge in [0.2, 0.25) is 0 Å². The van der Waals surface area contributed by atoms with E-state index in [0.717, 1.165) is 22.0 Å². The summed E-state index contributed by atoms with van der Waals surface area (Å²) in [6, 6.07) is 13.2. The summed E-state index contributed by atoms with van der Waals surface area (Å²) in [5.74, 6) is -1.98. The lowest BCUT2D eigenvalue weighted by Crippen LogP contribution is -2.17. The van der Waals surface area contributed by atoms with Crippen molar-refractivity contribution >= 4 is 22.7 Å². The van der Waals surface area contributed by atoms with Gasteiger partial charge in [-0.1, -0.05) is 30.3 Å². The molecule has 0 bridgehead atoms. The monoisotopic (exact) mass is 283 g/mol. The normalized spacial score (nSPS) is 11.0. The first kappa shape index (κ1) is 13.2. The van der Waals surface area contributed by atoms with Crippen LogP contribution in [-0.4, -0.2) is 26.7 Å². The molecule has 2 N–H and O–H groups in total. The van der Waals surface area contributed by atoms with Crippen molar-refractivity contribution in [1.82, 2.24) is 4.57 Å². The van der Waals surface area contributed by atoms with Crippen LogP contribution in [0, 0.1) is 0 Å². The van der Waals surface area contributed by atoms with E-state index in [4.69, 9.17) is 10.2 Å². The largest absolute Gasteiger partial charge is 0.481 e.